The first-order valence-electron chi connectivity index (χ1n) is 4.08. The summed E-state index contributed by atoms with van der Waals surface area (Å²) in [6, 6.07) is 7.06. The molecular formula is C10H10N2O. The lowest BCUT2D eigenvalue weighted by Gasteiger charge is -2.19. The fraction of sp³-hybridized carbons (Fsp3) is 0.100. The third-order valence-electron chi connectivity index (χ3n) is 1.87. The zero-order valence-corrected chi connectivity index (χ0v) is 7.09. The van der Waals surface area contributed by atoms with E-state index >= 15 is 0 Å². The summed E-state index contributed by atoms with van der Waals surface area (Å²) in [7, 11) is 0. The molecule has 3 nitrogen and oxygen atoms in total. The van der Waals surface area contributed by atoms with Crippen molar-refractivity contribution in [2.24, 2.45) is 4.99 Å². The molecule has 0 saturated carbocycles. The number of rotatable bonds is 1. The van der Waals surface area contributed by atoms with E-state index in [9.17, 15) is 0 Å². The lowest BCUT2D eigenvalue weighted by atomic mass is 10.3. The van der Waals surface area contributed by atoms with Gasteiger partial charge in [0.05, 0.1) is 0 Å². The average Bonchev–Trinajstić information content (AvgIpc) is 2.20. The molecule has 2 rings (SSSR count). The van der Waals surface area contributed by atoms with E-state index in [1.165, 1.54) is 0 Å². The predicted molar refractivity (Wildman–Crippen MR) is 53.1 cm³/mol. The Morgan fingerprint density at radius 3 is 2.62 bits per heavy atom. The number of hydrogen-bond donors (Lipinski definition) is 1. The summed E-state index contributed by atoms with van der Waals surface area (Å²) in [6.07, 6.45) is 5.62. The summed E-state index contributed by atoms with van der Waals surface area (Å²) in [5.74, 6) is 0.285. The van der Waals surface area contributed by atoms with Gasteiger partial charge < -0.3 is 10.0 Å². The van der Waals surface area contributed by atoms with Crippen LogP contribution in [0, 0.1) is 0 Å². The average molecular weight is 174 g/mol. The molecule has 3 heteroatoms. The Labute approximate surface area is 76.6 Å². The molecule has 0 saturated heterocycles. The molecule has 0 aliphatic carbocycles. The van der Waals surface area contributed by atoms with Crippen molar-refractivity contribution in [3.8, 4) is 5.75 Å². The summed E-state index contributed by atoms with van der Waals surface area (Å²) >= 11 is 0. The van der Waals surface area contributed by atoms with E-state index < -0.39 is 0 Å². The van der Waals surface area contributed by atoms with E-state index in [0.717, 1.165) is 5.69 Å². The van der Waals surface area contributed by atoms with Crippen molar-refractivity contribution in [3.05, 3.63) is 36.5 Å². The monoisotopic (exact) mass is 174 g/mol. The molecule has 1 aromatic carbocycles. The zero-order valence-electron chi connectivity index (χ0n) is 7.09. The van der Waals surface area contributed by atoms with Gasteiger partial charge in [-0.05, 0) is 30.3 Å². The highest BCUT2D eigenvalue weighted by atomic mass is 16.3. The Hall–Kier alpha value is -1.77. The minimum atomic E-state index is 0.285. The van der Waals surface area contributed by atoms with Crippen LogP contribution in [0.25, 0.3) is 0 Å². The minimum absolute atomic E-state index is 0.285. The van der Waals surface area contributed by atoms with Gasteiger partial charge in [0.2, 0.25) is 0 Å². The molecule has 13 heavy (non-hydrogen) atoms. The lowest BCUT2D eigenvalue weighted by Crippen LogP contribution is -2.17. The van der Waals surface area contributed by atoms with E-state index in [0.29, 0.717) is 6.67 Å². The summed E-state index contributed by atoms with van der Waals surface area (Å²) in [5.41, 5.74) is 1.03. The molecule has 0 atom stereocenters. The van der Waals surface area contributed by atoms with Crippen molar-refractivity contribution >= 4 is 11.9 Å². The molecule has 1 aliphatic rings. The Morgan fingerprint density at radius 1 is 1.23 bits per heavy atom. The van der Waals surface area contributed by atoms with Gasteiger partial charge in [0.25, 0.3) is 0 Å². The second kappa shape index (κ2) is 3.31. The topological polar surface area (TPSA) is 35.8 Å². The van der Waals surface area contributed by atoms with Crippen molar-refractivity contribution < 1.29 is 5.11 Å². The smallest absolute Gasteiger partial charge is 0.115 e. The van der Waals surface area contributed by atoms with Gasteiger partial charge in [-0.2, -0.15) is 0 Å². The first-order chi connectivity index (χ1) is 6.36. The van der Waals surface area contributed by atoms with Crippen molar-refractivity contribution in [1.29, 1.82) is 0 Å². The number of phenolic OH excluding ortho intramolecular Hbond substituents is 1. The van der Waals surface area contributed by atoms with Gasteiger partial charge in [-0.1, -0.05) is 0 Å². The second-order valence-corrected chi connectivity index (χ2v) is 2.80. The van der Waals surface area contributed by atoms with E-state index in [1.54, 1.807) is 18.3 Å². The molecule has 1 aliphatic heterocycles. The van der Waals surface area contributed by atoms with E-state index in [1.807, 2.05) is 29.3 Å². The molecular weight excluding hydrogens is 164 g/mol. The molecule has 0 spiro atoms. The maximum absolute atomic E-state index is 9.09. The molecule has 0 bridgehead atoms. The SMILES string of the molecule is Oc1ccc(N2C=CC=NC2)cc1. The summed E-state index contributed by atoms with van der Waals surface area (Å²) < 4.78 is 0. The Balaban J connectivity index is 2.21. The van der Waals surface area contributed by atoms with E-state index in [4.69, 9.17) is 5.11 Å². The van der Waals surface area contributed by atoms with Crippen LogP contribution >= 0.6 is 0 Å². The third kappa shape index (κ3) is 1.69. The largest absolute Gasteiger partial charge is 0.508 e. The van der Waals surface area contributed by atoms with E-state index in [-0.39, 0.29) is 5.75 Å². The summed E-state index contributed by atoms with van der Waals surface area (Å²) in [6.45, 7) is 0.640. The summed E-state index contributed by atoms with van der Waals surface area (Å²) in [5, 5.41) is 9.09. The maximum Gasteiger partial charge on any atom is 0.115 e. The van der Waals surface area contributed by atoms with Crippen LogP contribution in [0.4, 0.5) is 5.69 Å². The zero-order chi connectivity index (χ0) is 9.10. The minimum Gasteiger partial charge on any atom is -0.508 e. The van der Waals surface area contributed by atoms with Gasteiger partial charge >= 0.3 is 0 Å². The first kappa shape index (κ1) is 7.86. The van der Waals surface area contributed by atoms with Crippen molar-refractivity contribution in [3.63, 3.8) is 0 Å². The molecule has 1 N–H and O–H groups in total. The number of nitrogens with zero attached hydrogens (tertiary/aromatic N) is 2. The standard InChI is InChI=1S/C10H10N2O/c13-10-4-2-9(3-5-10)12-7-1-6-11-8-12/h1-7,13H,8H2. The van der Waals surface area contributed by atoms with Crippen LogP contribution in [0.3, 0.4) is 0 Å². The number of hydrogen-bond acceptors (Lipinski definition) is 3. The fourth-order valence-electron chi connectivity index (χ4n) is 1.20. The van der Waals surface area contributed by atoms with Gasteiger partial charge in [0.15, 0.2) is 0 Å². The number of benzene rings is 1. The number of aromatic hydroxyl groups is 1. The second-order valence-electron chi connectivity index (χ2n) is 2.80. The molecule has 0 unspecified atom stereocenters. The van der Waals surface area contributed by atoms with Gasteiger partial charge in [-0.15, -0.1) is 0 Å². The van der Waals surface area contributed by atoms with Crippen LogP contribution in [-0.2, 0) is 0 Å². The van der Waals surface area contributed by atoms with Crippen LogP contribution < -0.4 is 4.90 Å². The molecule has 0 aromatic heterocycles. The molecule has 0 amide bonds. The molecule has 0 fully saturated rings. The Kier molecular flexibility index (Phi) is 2.00. The number of phenols is 1. The molecule has 0 radical (unpaired) electrons. The lowest BCUT2D eigenvalue weighted by molar-refractivity contribution is 0.475. The van der Waals surface area contributed by atoms with Gasteiger partial charge in [-0.25, -0.2) is 0 Å². The van der Waals surface area contributed by atoms with E-state index in [2.05, 4.69) is 4.99 Å². The maximum atomic E-state index is 9.09. The van der Waals surface area contributed by atoms with Crippen LogP contribution in [0.1, 0.15) is 0 Å². The van der Waals surface area contributed by atoms with Crippen LogP contribution in [0.5, 0.6) is 5.75 Å². The van der Waals surface area contributed by atoms with Gasteiger partial charge in [-0.3, -0.25) is 4.99 Å². The quantitative estimate of drug-likeness (QED) is 0.704. The number of aliphatic imine (C=N–C) groups is 1. The van der Waals surface area contributed by atoms with Gasteiger partial charge in [0, 0.05) is 18.1 Å². The Morgan fingerprint density at radius 2 is 2.00 bits per heavy atom. The van der Waals surface area contributed by atoms with Crippen LogP contribution in [-0.4, -0.2) is 18.0 Å². The first-order valence-corrected chi connectivity index (χ1v) is 4.08. The fourth-order valence-corrected chi connectivity index (χ4v) is 1.20. The van der Waals surface area contributed by atoms with Crippen molar-refractivity contribution in [2.75, 3.05) is 11.6 Å². The predicted octanol–water partition coefficient (Wildman–Crippen LogP) is 1.75. The van der Waals surface area contributed by atoms with Crippen molar-refractivity contribution in [2.45, 2.75) is 0 Å². The van der Waals surface area contributed by atoms with Gasteiger partial charge in [0.1, 0.15) is 12.4 Å². The molecule has 1 heterocycles. The van der Waals surface area contributed by atoms with Crippen LogP contribution in [0.15, 0.2) is 41.5 Å². The van der Waals surface area contributed by atoms with Crippen molar-refractivity contribution in [1.82, 2.24) is 0 Å². The highest BCUT2D eigenvalue weighted by Gasteiger charge is 2.02. The highest BCUT2D eigenvalue weighted by molar-refractivity contribution is 5.74. The normalized spacial score (nSPS) is 14.9. The summed E-state index contributed by atoms with van der Waals surface area (Å²) in [4.78, 5) is 6.11. The number of anilines is 1. The number of allylic oxidation sites excluding steroid dienone is 1. The third-order valence-corrected chi connectivity index (χ3v) is 1.87. The highest BCUT2D eigenvalue weighted by Crippen LogP contribution is 2.19. The molecule has 1 aromatic rings. The molecule has 66 valence electrons. The van der Waals surface area contributed by atoms with Crippen LogP contribution in [0.2, 0.25) is 0 Å². The Bertz CT molecular complexity index is 340.